The number of hydrazine groups is 1. The van der Waals surface area contributed by atoms with E-state index in [0.29, 0.717) is 17.9 Å². The Balaban J connectivity index is 1.51. The molecule has 3 N–H and O–H groups in total. The first-order chi connectivity index (χ1) is 10.3. The molecular formula is C16H23N3O2. The summed E-state index contributed by atoms with van der Waals surface area (Å²) >= 11 is 0. The van der Waals surface area contributed by atoms with Gasteiger partial charge in [-0.05, 0) is 36.8 Å². The van der Waals surface area contributed by atoms with Gasteiger partial charge in [0.1, 0.15) is 12.4 Å². The molecule has 1 aliphatic heterocycles. The zero-order valence-corrected chi connectivity index (χ0v) is 12.3. The quantitative estimate of drug-likeness (QED) is 0.488. The van der Waals surface area contributed by atoms with Crippen LogP contribution in [0.25, 0.3) is 0 Å². The van der Waals surface area contributed by atoms with Crippen LogP contribution in [-0.2, 0) is 0 Å². The van der Waals surface area contributed by atoms with E-state index in [1.807, 2.05) is 12.1 Å². The van der Waals surface area contributed by atoms with Crippen LogP contribution in [0.1, 0.15) is 29.6 Å². The van der Waals surface area contributed by atoms with E-state index in [-0.39, 0.29) is 5.91 Å². The second-order valence-corrected chi connectivity index (χ2v) is 6.03. The van der Waals surface area contributed by atoms with Crippen LogP contribution < -0.4 is 16.0 Å². The van der Waals surface area contributed by atoms with Crippen LogP contribution in [0.2, 0.25) is 0 Å². The third-order valence-corrected chi connectivity index (χ3v) is 4.73. The SMILES string of the molecule is NNC(=O)c1ccccc1OCCN1CC2CCCC2C1. The molecule has 2 aliphatic rings. The maximum atomic E-state index is 11.7. The molecule has 3 rings (SSSR count). The number of ether oxygens (including phenoxy) is 1. The third kappa shape index (κ3) is 3.19. The summed E-state index contributed by atoms with van der Waals surface area (Å²) in [4.78, 5) is 14.1. The van der Waals surface area contributed by atoms with Crippen LogP contribution in [0.5, 0.6) is 5.75 Å². The highest BCUT2D eigenvalue weighted by Gasteiger charge is 2.35. The first-order valence-electron chi connectivity index (χ1n) is 7.73. The lowest BCUT2D eigenvalue weighted by Crippen LogP contribution is -2.31. The van der Waals surface area contributed by atoms with Gasteiger partial charge in [-0.15, -0.1) is 0 Å². The number of hydrogen-bond donors (Lipinski definition) is 2. The molecule has 1 aliphatic carbocycles. The monoisotopic (exact) mass is 289 g/mol. The fourth-order valence-electron chi connectivity index (χ4n) is 3.66. The van der Waals surface area contributed by atoms with Crippen LogP contribution in [0.4, 0.5) is 0 Å². The molecule has 5 nitrogen and oxygen atoms in total. The van der Waals surface area contributed by atoms with E-state index < -0.39 is 0 Å². The molecule has 5 heteroatoms. The van der Waals surface area contributed by atoms with Crippen molar-refractivity contribution in [2.75, 3.05) is 26.2 Å². The fourth-order valence-corrected chi connectivity index (χ4v) is 3.66. The normalized spacial score (nSPS) is 24.8. The van der Waals surface area contributed by atoms with Crippen LogP contribution in [0.15, 0.2) is 24.3 Å². The number of nitrogens with two attached hydrogens (primary N) is 1. The van der Waals surface area contributed by atoms with E-state index in [4.69, 9.17) is 10.6 Å². The van der Waals surface area contributed by atoms with E-state index in [9.17, 15) is 4.79 Å². The van der Waals surface area contributed by atoms with E-state index in [2.05, 4.69) is 10.3 Å². The lowest BCUT2D eigenvalue weighted by Gasteiger charge is -2.17. The first kappa shape index (κ1) is 14.4. The summed E-state index contributed by atoms with van der Waals surface area (Å²) in [7, 11) is 0. The Kier molecular flexibility index (Phi) is 4.41. The highest BCUT2D eigenvalue weighted by atomic mass is 16.5. The molecule has 1 aromatic rings. The Morgan fingerprint density at radius 2 is 2.00 bits per heavy atom. The van der Waals surface area contributed by atoms with Gasteiger partial charge in [0.2, 0.25) is 0 Å². The predicted octanol–water partition coefficient (Wildman–Crippen LogP) is 1.40. The number of rotatable bonds is 5. The van der Waals surface area contributed by atoms with Crippen molar-refractivity contribution in [2.45, 2.75) is 19.3 Å². The molecule has 0 spiro atoms. The van der Waals surface area contributed by atoms with E-state index in [0.717, 1.165) is 18.4 Å². The van der Waals surface area contributed by atoms with Gasteiger partial charge in [-0.25, -0.2) is 5.84 Å². The smallest absolute Gasteiger partial charge is 0.268 e. The summed E-state index contributed by atoms with van der Waals surface area (Å²) in [6.07, 6.45) is 4.18. The van der Waals surface area contributed by atoms with Crippen molar-refractivity contribution < 1.29 is 9.53 Å². The number of para-hydroxylation sites is 1. The second kappa shape index (κ2) is 6.45. The van der Waals surface area contributed by atoms with Crippen molar-refractivity contribution in [3.05, 3.63) is 29.8 Å². The summed E-state index contributed by atoms with van der Waals surface area (Å²) < 4.78 is 5.79. The largest absolute Gasteiger partial charge is 0.491 e. The van der Waals surface area contributed by atoms with Gasteiger partial charge in [-0.2, -0.15) is 0 Å². The molecular weight excluding hydrogens is 266 g/mol. The number of carbonyl (C=O) groups is 1. The highest BCUT2D eigenvalue weighted by Crippen LogP contribution is 2.37. The summed E-state index contributed by atoms with van der Waals surface area (Å²) in [6, 6.07) is 7.20. The number of nitrogens with zero attached hydrogens (tertiary/aromatic N) is 1. The number of likely N-dealkylation sites (tertiary alicyclic amines) is 1. The molecule has 2 fully saturated rings. The van der Waals surface area contributed by atoms with Gasteiger partial charge in [0, 0.05) is 19.6 Å². The lowest BCUT2D eigenvalue weighted by molar-refractivity contribution is 0.0949. The lowest BCUT2D eigenvalue weighted by atomic mass is 10.0. The summed E-state index contributed by atoms with van der Waals surface area (Å²) in [5.41, 5.74) is 2.64. The topological polar surface area (TPSA) is 67.6 Å². The molecule has 114 valence electrons. The number of nitrogen functional groups attached to an aromatic ring is 1. The van der Waals surface area contributed by atoms with Gasteiger partial charge >= 0.3 is 0 Å². The molecule has 1 amide bonds. The van der Waals surface area contributed by atoms with Gasteiger partial charge in [0.05, 0.1) is 5.56 Å². The van der Waals surface area contributed by atoms with Crippen LogP contribution in [0, 0.1) is 11.8 Å². The molecule has 1 aromatic carbocycles. The van der Waals surface area contributed by atoms with Crippen molar-refractivity contribution in [2.24, 2.45) is 17.7 Å². The first-order valence-corrected chi connectivity index (χ1v) is 7.73. The molecule has 2 unspecified atom stereocenters. The standard InChI is InChI=1S/C16H23N3O2/c17-18-16(20)14-6-1-2-7-15(14)21-9-8-19-10-12-4-3-5-13(12)11-19/h1-2,6-7,12-13H,3-5,8-11,17H2,(H,18,20). The number of fused-ring (bicyclic) bond motifs is 1. The maximum absolute atomic E-state index is 11.7. The molecule has 2 atom stereocenters. The average molecular weight is 289 g/mol. The number of benzene rings is 1. The molecule has 1 saturated heterocycles. The fraction of sp³-hybridized carbons (Fsp3) is 0.562. The molecule has 1 heterocycles. The molecule has 1 saturated carbocycles. The van der Waals surface area contributed by atoms with Gasteiger partial charge in [0.25, 0.3) is 5.91 Å². The minimum absolute atomic E-state index is 0.318. The molecule has 0 radical (unpaired) electrons. The minimum Gasteiger partial charge on any atom is -0.491 e. The Labute approximate surface area is 125 Å². The van der Waals surface area contributed by atoms with Gasteiger partial charge in [-0.3, -0.25) is 15.1 Å². The number of hydrogen-bond acceptors (Lipinski definition) is 4. The van der Waals surface area contributed by atoms with Crippen molar-refractivity contribution in [1.29, 1.82) is 0 Å². The maximum Gasteiger partial charge on any atom is 0.268 e. The Morgan fingerprint density at radius 1 is 1.29 bits per heavy atom. The van der Waals surface area contributed by atoms with E-state index in [1.54, 1.807) is 12.1 Å². The average Bonchev–Trinajstić information content (AvgIpc) is 3.08. The minimum atomic E-state index is -0.318. The number of amides is 1. The van der Waals surface area contributed by atoms with Crippen molar-refractivity contribution in [3.63, 3.8) is 0 Å². The Hall–Kier alpha value is -1.59. The van der Waals surface area contributed by atoms with Crippen molar-refractivity contribution in [1.82, 2.24) is 10.3 Å². The number of carbonyl (C=O) groups excluding carboxylic acids is 1. The third-order valence-electron chi connectivity index (χ3n) is 4.73. The number of nitrogens with one attached hydrogen (secondary N) is 1. The molecule has 21 heavy (non-hydrogen) atoms. The Morgan fingerprint density at radius 3 is 2.71 bits per heavy atom. The zero-order valence-electron chi connectivity index (χ0n) is 12.3. The van der Waals surface area contributed by atoms with Crippen LogP contribution >= 0.6 is 0 Å². The summed E-state index contributed by atoms with van der Waals surface area (Å²) in [6.45, 7) is 3.94. The summed E-state index contributed by atoms with van der Waals surface area (Å²) in [5, 5.41) is 0. The highest BCUT2D eigenvalue weighted by molar-refractivity contribution is 5.96. The van der Waals surface area contributed by atoms with E-state index >= 15 is 0 Å². The predicted molar refractivity (Wildman–Crippen MR) is 80.9 cm³/mol. The van der Waals surface area contributed by atoms with Gasteiger partial charge < -0.3 is 4.74 Å². The second-order valence-electron chi connectivity index (χ2n) is 6.03. The Bertz CT molecular complexity index is 494. The van der Waals surface area contributed by atoms with Gasteiger partial charge in [0.15, 0.2) is 0 Å². The van der Waals surface area contributed by atoms with Crippen LogP contribution in [-0.4, -0.2) is 37.0 Å². The van der Waals surface area contributed by atoms with E-state index in [1.165, 1.54) is 32.4 Å². The van der Waals surface area contributed by atoms with Gasteiger partial charge in [-0.1, -0.05) is 18.6 Å². The molecule has 0 aromatic heterocycles. The van der Waals surface area contributed by atoms with Crippen LogP contribution in [0.3, 0.4) is 0 Å². The molecule has 0 bridgehead atoms. The van der Waals surface area contributed by atoms with Crippen molar-refractivity contribution in [3.8, 4) is 5.75 Å². The summed E-state index contributed by atoms with van der Waals surface area (Å²) in [5.74, 6) is 7.28. The van der Waals surface area contributed by atoms with Crippen molar-refractivity contribution >= 4 is 5.91 Å². The zero-order chi connectivity index (χ0) is 14.7.